The number of hydrogen-bond donors (Lipinski definition) is 0. The smallest absolute Gasteiger partial charge is 0.231 e. The van der Waals surface area contributed by atoms with Crippen LogP contribution >= 0.6 is 11.6 Å². The minimum absolute atomic E-state index is 0.0899. The molecule has 2 aliphatic rings. The Morgan fingerprint density at radius 1 is 1.21 bits per heavy atom. The van der Waals surface area contributed by atoms with Gasteiger partial charge in [-0.2, -0.15) is 0 Å². The van der Waals surface area contributed by atoms with Crippen LogP contribution in [-0.4, -0.2) is 19.1 Å². The lowest BCUT2D eigenvalue weighted by molar-refractivity contribution is -0.121. The number of anilines is 1. The number of furan rings is 1. The molecule has 24 heavy (non-hydrogen) atoms. The second kappa shape index (κ2) is 6.26. The fourth-order valence-electron chi connectivity index (χ4n) is 3.69. The van der Waals surface area contributed by atoms with E-state index in [1.807, 2.05) is 41.3 Å². The van der Waals surface area contributed by atoms with E-state index in [1.54, 1.807) is 6.26 Å². The molecule has 126 valence electrons. The lowest BCUT2D eigenvalue weighted by Gasteiger charge is -2.26. The molecular weight excluding hydrogens is 326 g/mol. The summed E-state index contributed by atoms with van der Waals surface area (Å²) in [7, 11) is 0. The molecule has 1 spiro atoms. The summed E-state index contributed by atoms with van der Waals surface area (Å²) in [5.41, 5.74) is 1.01. The highest BCUT2D eigenvalue weighted by atomic mass is 35.5. The largest absolute Gasteiger partial charge is 0.467 e. The van der Waals surface area contributed by atoms with Crippen LogP contribution < -0.4 is 4.90 Å². The maximum Gasteiger partial charge on any atom is 0.231 e. The highest BCUT2D eigenvalue weighted by Crippen LogP contribution is 2.60. The molecule has 1 aromatic heterocycles. The van der Waals surface area contributed by atoms with Gasteiger partial charge in [-0.05, 0) is 61.1 Å². The number of amides is 1. The second-order valence-corrected chi connectivity index (χ2v) is 7.15. The van der Waals surface area contributed by atoms with Gasteiger partial charge in [0.05, 0.1) is 12.8 Å². The summed E-state index contributed by atoms with van der Waals surface area (Å²) in [4.78, 5) is 15.0. The first-order valence-corrected chi connectivity index (χ1v) is 8.73. The van der Waals surface area contributed by atoms with E-state index >= 15 is 0 Å². The zero-order valence-corrected chi connectivity index (χ0v) is 14.2. The highest BCUT2D eigenvalue weighted by Gasteiger charge is 2.59. The molecule has 4 nitrogen and oxygen atoms in total. The van der Waals surface area contributed by atoms with Gasteiger partial charge in [-0.3, -0.25) is 4.79 Å². The Morgan fingerprint density at radius 3 is 2.62 bits per heavy atom. The lowest BCUT2D eigenvalue weighted by Crippen LogP contribution is -2.34. The predicted molar refractivity (Wildman–Crippen MR) is 91.9 cm³/mol. The van der Waals surface area contributed by atoms with Crippen LogP contribution in [0.3, 0.4) is 0 Å². The predicted octanol–water partition coefficient (Wildman–Crippen LogP) is 4.28. The number of hydrogen-bond acceptors (Lipinski definition) is 3. The molecule has 2 heterocycles. The Kier molecular flexibility index (Phi) is 4.10. The van der Waals surface area contributed by atoms with Crippen molar-refractivity contribution in [1.82, 2.24) is 0 Å². The fraction of sp³-hybridized carbons (Fsp3) is 0.421. The van der Waals surface area contributed by atoms with Gasteiger partial charge in [0.2, 0.25) is 5.91 Å². The number of carbonyl (C=O) groups excluding carboxylic acids is 1. The van der Waals surface area contributed by atoms with Crippen molar-refractivity contribution < 1.29 is 13.9 Å². The first-order chi connectivity index (χ1) is 11.7. The summed E-state index contributed by atoms with van der Waals surface area (Å²) < 4.78 is 10.9. The second-order valence-electron chi connectivity index (χ2n) is 6.71. The molecule has 1 atom stereocenters. The summed E-state index contributed by atoms with van der Waals surface area (Å²) in [5, 5.41) is 0.663. The van der Waals surface area contributed by atoms with Crippen LogP contribution in [0.5, 0.6) is 0 Å². The first kappa shape index (κ1) is 15.7. The van der Waals surface area contributed by atoms with E-state index in [1.165, 1.54) is 0 Å². The van der Waals surface area contributed by atoms with Crippen LogP contribution in [0.25, 0.3) is 0 Å². The van der Waals surface area contributed by atoms with E-state index < -0.39 is 0 Å². The Bertz CT molecular complexity index is 705. The van der Waals surface area contributed by atoms with Gasteiger partial charge in [-0.15, -0.1) is 0 Å². The molecular formula is C19H20ClNO3. The summed E-state index contributed by atoms with van der Waals surface area (Å²) >= 11 is 5.99. The van der Waals surface area contributed by atoms with Gasteiger partial charge in [0.1, 0.15) is 5.76 Å². The molecule has 1 aliphatic heterocycles. The maximum atomic E-state index is 13.2. The van der Waals surface area contributed by atoms with Gasteiger partial charge in [0, 0.05) is 29.8 Å². The quantitative estimate of drug-likeness (QED) is 0.830. The molecule has 0 bridgehead atoms. The zero-order valence-electron chi connectivity index (χ0n) is 13.4. The van der Waals surface area contributed by atoms with E-state index in [9.17, 15) is 4.79 Å². The van der Waals surface area contributed by atoms with Crippen molar-refractivity contribution in [2.75, 3.05) is 18.1 Å². The molecule has 0 unspecified atom stereocenters. The van der Waals surface area contributed by atoms with Crippen LogP contribution in [0.1, 0.15) is 25.0 Å². The van der Waals surface area contributed by atoms with Crippen molar-refractivity contribution in [3.05, 3.63) is 53.4 Å². The molecule has 0 N–H and O–H groups in total. The minimum atomic E-state index is 0.0899. The lowest BCUT2D eigenvalue weighted by atomic mass is 9.93. The van der Waals surface area contributed by atoms with Crippen molar-refractivity contribution in [1.29, 1.82) is 0 Å². The first-order valence-electron chi connectivity index (χ1n) is 8.35. The van der Waals surface area contributed by atoms with Gasteiger partial charge in [0.15, 0.2) is 0 Å². The number of benzene rings is 1. The van der Waals surface area contributed by atoms with E-state index in [2.05, 4.69) is 0 Å². The van der Waals surface area contributed by atoms with Gasteiger partial charge in [-0.1, -0.05) is 11.6 Å². The standard InChI is InChI=1S/C19H20ClNO3/c20-14-3-5-15(6-4-14)21(13-16-2-1-9-24-16)18(22)17-12-19(17)7-10-23-11-8-19/h1-6,9,17H,7-8,10-13H2/t17-/m0/s1. The van der Waals surface area contributed by atoms with Crippen molar-refractivity contribution in [2.45, 2.75) is 25.8 Å². The van der Waals surface area contributed by atoms with Crippen molar-refractivity contribution >= 4 is 23.2 Å². The Balaban J connectivity index is 1.58. The van der Waals surface area contributed by atoms with Crippen LogP contribution in [0.2, 0.25) is 5.02 Å². The van der Waals surface area contributed by atoms with E-state index in [0.717, 1.165) is 43.9 Å². The maximum absolute atomic E-state index is 13.2. The monoisotopic (exact) mass is 345 g/mol. The average molecular weight is 346 g/mol. The molecule has 1 saturated carbocycles. The Labute approximate surface area is 146 Å². The Morgan fingerprint density at radius 2 is 1.96 bits per heavy atom. The summed E-state index contributed by atoms with van der Waals surface area (Å²) in [6, 6.07) is 11.2. The van der Waals surface area contributed by atoms with Gasteiger partial charge >= 0.3 is 0 Å². The number of ether oxygens (including phenoxy) is 1. The fourth-order valence-corrected chi connectivity index (χ4v) is 3.82. The average Bonchev–Trinajstić information content (AvgIpc) is 3.05. The third kappa shape index (κ3) is 2.96. The third-order valence-electron chi connectivity index (χ3n) is 5.27. The minimum Gasteiger partial charge on any atom is -0.467 e. The number of halogens is 1. The van der Waals surface area contributed by atoms with Gasteiger partial charge < -0.3 is 14.1 Å². The molecule has 1 amide bonds. The molecule has 1 aromatic carbocycles. The van der Waals surface area contributed by atoms with Crippen LogP contribution in [0, 0.1) is 11.3 Å². The van der Waals surface area contributed by atoms with Crippen LogP contribution in [-0.2, 0) is 16.1 Å². The van der Waals surface area contributed by atoms with E-state index in [4.69, 9.17) is 20.8 Å². The molecule has 0 radical (unpaired) electrons. The van der Waals surface area contributed by atoms with E-state index in [0.29, 0.717) is 11.6 Å². The van der Waals surface area contributed by atoms with Crippen LogP contribution in [0.15, 0.2) is 47.1 Å². The van der Waals surface area contributed by atoms with Gasteiger partial charge in [0.25, 0.3) is 0 Å². The van der Waals surface area contributed by atoms with Crippen LogP contribution in [0.4, 0.5) is 5.69 Å². The van der Waals surface area contributed by atoms with Crippen molar-refractivity contribution in [2.24, 2.45) is 11.3 Å². The normalized spacial score (nSPS) is 21.6. The van der Waals surface area contributed by atoms with Gasteiger partial charge in [-0.25, -0.2) is 0 Å². The summed E-state index contributed by atoms with van der Waals surface area (Å²) in [6.45, 7) is 1.97. The number of nitrogens with zero attached hydrogens (tertiary/aromatic N) is 1. The number of carbonyl (C=O) groups is 1. The third-order valence-corrected chi connectivity index (χ3v) is 5.53. The zero-order chi connectivity index (χ0) is 16.6. The SMILES string of the molecule is O=C([C@@H]1CC12CCOCC2)N(Cc1ccco1)c1ccc(Cl)cc1. The molecule has 5 heteroatoms. The summed E-state index contributed by atoms with van der Waals surface area (Å²) in [5.74, 6) is 1.04. The summed E-state index contributed by atoms with van der Waals surface area (Å²) in [6.07, 6.45) is 4.58. The molecule has 2 aromatic rings. The van der Waals surface area contributed by atoms with Crippen molar-refractivity contribution in [3.8, 4) is 0 Å². The Hall–Kier alpha value is -1.78. The molecule has 2 fully saturated rings. The molecule has 1 saturated heterocycles. The number of rotatable bonds is 4. The molecule has 4 rings (SSSR count). The topological polar surface area (TPSA) is 42.7 Å². The molecule has 1 aliphatic carbocycles. The van der Waals surface area contributed by atoms with Crippen molar-refractivity contribution in [3.63, 3.8) is 0 Å². The van der Waals surface area contributed by atoms with E-state index in [-0.39, 0.29) is 17.2 Å². The highest BCUT2D eigenvalue weighted by molar-refractivity contribution is 6.30.